The van der Waals surface area contributed by atoms with Crippen LogP contribution in [0.1, 0.15) is 20.8 Å². The molecule has 1 N–H and O–H groups in total. The normalized spacial score (nSPS) is 10.6. The molecule has 0 aliphatic rings. The van der Waals surface area contributed by atoms with Gasteiger partial charge in [-0.1, -0.05) is 22.7 Å². The molecule has 0 bridgehead atoms. The van der Waals surface area contributed by atoms with E-state index < -0.39 is 0 Å². The molecule has 5 nitrogen and oxygen atoms in total. The van der Waals surface area contributed by atoms with Gasteiger partial charge in [-0.3, -0.25) is 0 Å². The van der Waals surface area contributed by atoms with Gasteiger partial charge >= 0.3 is 0 Å². The van der Waals surface area contributed by atoms with E-state index in [-0.39, 0.29) is 0 Å². The molecule has 0 atom stereocenters. The Hall–Kier alpha value is -1.21. The topological polar surface area (TPSA) is 53.9 Å². The summed E-state index contributed by atoms with van der Waals surface area (Å²) in [5.74, 6) is 0. The monoisotopic (exact) mass is 283 g/mol. The summed E-state index contributed by atoms with van der Waals surface area (Å²) in [6, 6.07) is 0. The molecule has 98 valence electrons. The van der Waals surface area contributed by atoms with E-state index in [1.54, 1.807) is 22.7 Å². The summed E-state index contributed by atoms with van der Waals surface area (Å²) in [4.78, 5) is 7.77. The maximum Gasteiger partial charge on any atom is 0.206 e. The van der Waals surface area contributed by atoms with E-state index >= 15 is 0 Å². The maximum atomic E-state index is 4.45. The van der Waals surface area contributed by atoms with Crippen LogP contribution in [0.25, 0.3) is 9.88 Å². The lowest BCUT2D eigenvalue weighted by molar-refractivity contribution is 0.860. The zero-order valence-corrected chi connectivity index (χ0v) is 12.4. The summed E-state index contributed by atoms with van der Waals surface area (Å²) in [6.07, 6.45) is 1.88. The molecule has 0 amide bonds. The molecule has 0 aromatic carbocycles. The summed E-state index contributed by atoms with van der Waals surface area (Å²) < 4.78 is 0. The Kier molecular flexibility index (Phi) is 4.48. The molecule has 0 fully saturated rings. The number of hydrogen-bond donors (Lipinski definition) is 1. The zero-order valence-electron chi connectivity index (χ0n) is 10.8. The Labute approximate surface area is 115 Å². The van der Waals surface area contributed by atoms with Gasteiger partial charge in [-0.2, -0.15) is 0 Å². The summed E-state index contributed by atoms with van der Waals surface area (Å²) in [5.41, 5.74) is 0. The second-order valence-corrected chi connectivity index (χ2v) is 5.61. The van der Waals surface area contributed by atoms with Crippen molar-refractivity contribution in [2.75, 3.05) is 29.9 Å². The molecule has 0 aliphatic carbocycles. The van der Waals surface area contributed by atoms with Gasteiger partial charge in [-0.25, -0.2) is 4.98 Å². The molecule has 0 spiro atoms. The molecule has 0 saturated carbocycles. The first-order valence-electron chi connectivity index (χ1n) is 6.07. The van der Waals surface area contributed by atoms with E-state index in [1.165, 1.54) is 0 Å². The van der Waals surface area contributed by atoms with Gasteiger partial charge < -0.3 is 10.2 Å². The summed E-state index contributed by atoms with van der Waals surface area (Å²) in [7, 11) is 0. The Morgan fingerprint density at radius 1 is 1.17 bits per heavy atom. The van der Waals surface area contributed by atoms with Crippen LogP contribution >= 0.6 is 22.7 Å². The van der Waals surface area contributed by atoms with Gasteiger partial charge in [0.05, 0.1) is 11.1 Å². The Morgan fingerprint density at radius 3 is 2.61 bits per heavy atom. The number of anilines is 2. The fraction of sp³-hybridized carbons (Fsp3) is 0.545. The maximum absolute atomic E-state index is 4.45. The second-order valence-electron chi connectivity index (χ2n) is 3.62. The van der Waals surface area contributed by atoms with E-state index in [1.807, 2.05) is 13.1 Å². The van der Waals surface area contributed by atoms with Crippen molar-refractivity contribution in [1.82, 2.24) is 15.2 Å². The van der Waals surface area contributed by atoms with Gasteiger partial charge in [0.25, 0.3) is 0 Å². The lowest BCUT2D eigenvalue weighted by atomic mass is 10.5. The smallest absolute Gasteiger partial charge is 0.206 e. The molecule has 7 heteroatoms. The first-order valence-corrected chi connectivity index (χ1v) is 7.70. The highest BCUT2D eigenvalue weighted by molar-refractivity contribution is 7.25. The number of nitrogens with zero attached hydrogens (tertiary/aromatic N) is 4. The Bertz CT molecular complexity index is 489. The van der Waals surface area contributed by atoms with Crippen LogP contribution in [0.3, 0.4) is 0 Å². The average molecular weight is 283 g/mol. The van der Waals surface area contributed by atoms with Crippen LogP contribution in [0.4, 0.5) is 10.3 Å². The van der Waals surface area contributed by atoms with Crippen LogP contribution in [0.5, 0.6) is 0 Å². The third-order valence-electron chi connectivity index (χ3n) is 2.49. The summed E-state index contributed by atoms with van der Waals surface area (Å²) in [6.45, 7) is 9.14. The van der Waals surface area contributed by atoms with Crippen molar-refractivity contribution in [2.45, 2.75) is 20.8 Å². The predicted octanol–water partition coefficient (Wildman–Crippen LogP) is 2.94. The van der Waals surface area contributed by atoms with Crippen LogP contribution in [0, 0.1) is 0 Å². The van der Waals surface area contributed by atoms with Gasteiger partial charge in [-0.15, -0.1) is 10.2 Å². The first-order chi connectivity index (χ1) is 8.78. The quantitative estimate of drug-likeness (QED) is 0.883. The second kappa shape index (κ2) is 6.10. The molecule has 18 heavy (non-hydrogen) atoms. The number of thiazole rings is 1. The SMILES string of the molecule is CCNc1nnc(-c2cnc(N(CC)CC)s2)s1. The highest BCUT2D eigenvalue weighted by Crippen LogP contribution is 2.33. The zero-order chi connectivity index (χ0) is 13.0. The highest BCUT2D eigenvalue weighted by Gasteiger charge is 2.12. The third kappa shape index (κ3) is 2.78. The number of hydrogen-bond acceptors (Lipinski definition) is 7. The van der Waals surface area contributed by atoms with Crippen LogP contribution in [0.2, 0.25) is 0 Å². The van der Waals surface area contributed by atoms with Gasteiger partial charge in [-0.05, 0) is 20.8 Å². The van der Waals surface area contributed by atoms with E-state index in [9.17, 15) is 0 Å². The lowest BCUT2D eigenvalue weighted by Gasteiger charge is -2.16. The molecular formula is C11H17N5S2. The van der Waals surface area contributed by atoms with Gasteiger partial charge in [0.2, 0.25) is 5.13 Å². The first kappa shape index (κ1) is 13.2. The van der Waals surface area contributed by atoms with E-state index in [0.29, 0.717) is 0 Å². The molecule has 2 aromatic rings. The average Bonchev–Trinajstić information content (AvgIpc) is 3.00. The molecule has 0 aliphatic heterocycles. The minimum atomic E-state index is 0.863. The van der Waals surface area contributed by atoms with Gasteiger partial charge in [0, 0.05) is 19.6 Å². The minimum Gasteiger partial charge on any atom is -0.360 e. The lowest BCUT2D eigenvalue weighted by Crippen LogP contribution is -2.21. The number of aromatic nitrogens is 3. The van der Waals surface area contributed by atoms with Crippen molar-refractivity contribution in [1.29, 1.82) is 0 Å². The van der Waals surface area contributed by atoms with E-state index in [2.05, 4.69) is 39.2 Å². The Morgan fingerprint density at radius 2 is 1.94 bits per heavy atom. The molecule has 2 rings (SSSR count). The predicted molar refractivity (Wildman–Crippen MR) is 78.7 cm³/mol. The highest BCUT2D eigenvalue weighted by atomic mass is 32.1. The molecule has 2 heterocycles. The van der Waals surface area contributed by atoms with Crippen LogP contribution in [-0.2, 0) is 0 Å². The molecule has 0 radical (unpaired) electrons. The Balaban J connectivity index is 2.17. The van der Waals surface area contributed by atoms with Crippen LogP contribution < -0.4 is 10.2 Å². The van der Waals surface area contributed by atoms with Gasteiger partial charge in [0.1, 0.15) is 0 Å². The van der Waals surface area contributed by atoms with Crippen molar-refractivity contribution < 1.29 is 0 Å². The molecule has 0 unspecified atom stereocenters. The molecule has 2 aromatic heterocycles. The van der Waals surface area contributed by atoms with Crippen molar-refractivity contribution >= 4 is 32.9 Å². The largest absolute Gasteiger partial charge is 0.360 e. The number of rotatable bonds is 6. The van der Waals surface area contributed by atoms with E-state index in [4.69, 9.17) is 0 Å². The summed E-state index contributed by atoms with van der Waals surface area (Å²) in [5, 5.41) is 14.3. The number of nitrogens with one attached hydrogen (secondary N) is 1. The van der Waals surface area contributed by atoms with Crippen LogP contribution in [0.15, 0.2) is 6.20 Å². The van der Waals surface area contributed by atoms with Crippen molar-refractivity contribution in [3.05, 3.63) is 6.20 Å². The molecular weight excluding hydrogens is 266 g/mol. The van der Waals surface area contributed by atoms with Gasteiger partial charge in [0.15, 0.2) is 10.1 Å². The summed E-state index contributed by atoms with van der Waals surface area (Å²) >= 11 is 3.24. The van der Waals surface area contributed by atoms with Crippen molar-refractivity contribution in [2.24, 2.45) is 0 Å². The van der Waals surface area contributed by atoms with Crippen molar-refractivity contribution in [3.8, 4) is 9.88 Å². The standard InChI is InChI=1S/C11H17N5S2/c1-4-12-10-15-14-9(18-10)8-7-13-11(17-8)16(5-2)6-3/h7H,4-6H2,1-3H3,(H,12,15). The third-order valence-corrected chi connectivity index (χ3v) is 4.60. The molecule has 0 saturated heterocycles. The van der Waals surface area contributed by atoms with Crippen LogP contribution in [-0.4, -0.2) is 34.8 Å². The fourth-order valence-corrected chi connectivity index (χ4v) is 3.44. The minimum absolute atomic E-state index is 0.863. The van der Waals surface area contributed by atoms with Crippen molar-refractivity contribution in [3.63, 3.8) is 0 Å². The fourth-order valence-electron chi connectivity index (χ4n) is 1.55. The van der Waals surface area contributed by atoms with E-state index in [0.717, 1.165) is 39.8 Å².